The van der Waals surface area contributed by atoms with Gasteiger partial charge in [-0.15, -0.1) is 0 Å². The van der Waals surface area contributed by atoms with Gasteiger partial charge in [0.15, 0.2) is 15.7 Å². The average Bonchev–Trinajstić information content (AvgIpc) is 3.30. The highest BCUT2D eigenvalue weighted by molar-refractivity contribution is 7.89. The SMILES string of the molecule is CC(C)c1noc(N2CCC3(CCc4cc(-c5ccc(CS(C)(=O)=O)cn5)ccc4O3)CC2)n1. The number of aryl methyl sites for hydroxylation is 1. The second kappa shape index (κ2) is 8.69. The summed E-state index contributed by atoms with van der Waals surface area (Å²) < 4.78 is 35.1. The van der Waals surface area contributed by atoms with Crippen molar-refractivity contribution in [2.45, 2.75) is 56.8 Å². The van der Waals surface area contributed by atoms with Crippen LogP contribution >= 0.6 is 0 Å². The summed E-state index contributed by atoms with van der Waals surface area (Å²) in [5.74, 6) is 1.94. The summed E-state index contributed by atoms with van der Waals surface area (Å²) in [6, 6.07) is 10.5. The number of hydrogen-bond acceptors (Lipinski definition) is 8. The quantitative estimate of drug-likeness (QED) is 0.535. The summed E-state index contributed by atoms with van der Waals surface area (Å²) in [4.78, 5) is 11.2. The van der Waals surface area contributed by atoms with Crippen molar-refractivity contribution in [1.29, 1.82) is 0 Å². The van der Waals surface area contributed by atoms with E-state index in [0.717, 1.165) is 61.6 Å². The summed E-state index contributed by atoms with van der Waals surface area (Å²) in [6.45, 7) is 5.78. The van der Waals surface area contributed by atoms with Crippen LogP contribution in [0.15, 0.2) is 41.1 Å². The number of pyridine rings is 1. The van der Waals surface area contributed by atoms with Crippen LogP contribution in [0.25, 0.3) is 11.3 Å². The third-order valence-electron chi connectivity index (χ3n) is 6.68. The molecule has 2 aromatic heterocycles. The van der Waals surface area contributed by atoms with Gasteiger partial charge in [-0.1, -0.05) is 25.1 Å². The van der Waals surface area contributed by atoms with E-state index in [-0.39, 0.29) is 17.3 Å². The lowest BCUT2D eigenvalue weighted by molar-refractivity contribution is 0.0217. The molecule has 0 amide bonds. The minimum absolute atomic E-state index is 0.00318. The molecule has 34 heavy (non-hydrogen) atoms. The Kier molecular flexibility index (Phi) is 5.83. The number of aromatic nitrogens is 3. The topological polar surface area (TPSA) is 98.4 Å². The van der Waals surface area contributed by atoms with Crippen LogP contribution in [0.5, 0.6) is 5.75 Å². The Morgan fingerprint density at radius 1 is 1.12 bits per heavy atom. The molecule has 2 aliphatic heterocycles. The zero-order chi connectivity index (χ0) is 23.9. The maximum Gasteiger partial charge on any atom is 0.324 e. The standard InChI is InChI=1S/C25H30N4O4S/c1-17(2)23-27-24(33-28-23)29-12-10-25(11-13-29)9-8-20-14-19(5-7-22(20)32-25)21-6-4-18(15-26-21)16-34(3,30)31/h4-7,14-15,17H,8-13,16H2,1-3H3. The van der Waals surface area contributed by atoms with Gasteiger partial charge in [-0.25, -0.2) is 8.42 Å². The minimum atomic E-state index is -3.07. The summed E-state index contributed by atoms with van der Waals surface area (Å²) in [7, 11) is -3.07. The molecule has 0 radical (unpaired) electrons. The predicted molar refractivity (Wildman–Crippen MR) is 130 cm³/mol. The zero-order valence-electron chi connectivity index (χ0n) is 19.8. The van der Waals surface area contributed by atoms with Gasteiger partial charge >= 0.3 is 6.01 Å². The summed E-state index contributed by atoms with van der Waals surface area (Å²) in [6.07, 6.45) is 6.62. The molecule has 2 aliphatic rings. The molecule has 0 bridgehead atoms. The Balaban J connectivity index is 1.25. The number of sulfone groups is 1. The molecule has 0 aliphatic carbocycles. The van der Waals surface area contributed by atoms with Crippen LogP contribution in [0.2, 0.25) is 0 Å². The Bertz CT molecular complexity index is 1280. The van der Waals surface area contributed by atoms with E-state index in [1.165, 1.54) is 11.8 Å². The van der Waals surface area contributed by atoms with Gasteiger partial charge in [0.2, 0.25) is 0 Å². The molecule has 1 saturated heterocycles. The first-order valence-corrected chi connectivity index (χ1v) is 13.8. The fourth-order valence-electron chi connectivity index (χ4n) is 4.71. The Labute approximate surface area is 200 Å². The monoisotopic (exact) mass is 482 g/mol. The van der Waals surface area contributed by atoms with E-state index >= 15 is 0 Å². The second-order valence-electron chi connectivity index (χ2n) is 9.81. The summed E-state index contributed by atoms with van der Waals surface area (Å²) in [5.41, 5.74) is 3.57. The summed E-state index contributed by atoms with van der Waals surface area (Å²) in [5, 5.41) is 4.09. The van der Waals surface area contributed by atoms with Gasteiger partial charge in [0.25, 0.3) is 0 Å². The van der Waals surface area contributed by atoms with E-state index in [1.54, 1.807) is 6.20 Å². The van der Waals surface area contributed by atoms with Crippen molar-refractivity contribution >= 4 is 15.9 Å². The molecule has 0 saturated carbocycles. The fraction of sp³-hybridized carbons (Fsp3) is 0.480. The van der Waals surface area contributed by atoms with Crippen molar-refractivity contribution in [3.8, 4) is 17.0 Å². The number of fused-ring (bicyclic) bond motifs is 1. The van der Waals surface area contributed by atoms with E-state index < -0.39 is 9.84 Å². The van der Waals surface area contributed by atoms with Crippen molar-refractivity contribution < 1.29 is 17.7 Å². The number of benzene rings is 1. The van der Waals surface area contributed by atoms with Crippen LogP contribution in [0.1, 0.15) is 56.0 Å². The lowest BCUT2D eigenvalue weighted by Gasteiger charge is -2.44. The molecule has 3 aromatic rings. The van der Waals surface area contributed by atoms with Crippen molar-refractivity contribution in [3.63, 3.8) is 0 Å². The molecule has 180 valence electrons. The second-order valence-corrected chi connectivity index (χ2v) is 11.9. The van der Waals surface area contributed by atoms with Gasteiger partial charge in [-0.3, -0.25) is 4.98 Å². The molecule has 5 rings (SSSR count). The predicted octanol–water partition coefficient (Wildman–Crippen LogP) is 4.16. The Hall–Kier alpha value is -2.94. The molecule has 0 unspecified atom stereocenters. The molecular weight excluding hydrogens is 452 g/mol. The maximum atomic E-state index is 11.5. The van der Waals surface area contributed by atoms with Gasteiger partial charge in [0.05, 0.1) is 11.4 Å². The van der Waals surface area contributed by atoms with E-state index in [9.17, 15) is 8.42 Å². The zero-order valence-corrected chi connectivity index (χ0v) is 20.6. The molecule has 9 heteroatoms. The lowest BCUT2D eigenvalue weighted by atomic mass is 9.83. The molecule has 0 N–H and O–H groups in total. The van der Waals surface area contributed by atoms with Crippen molar-refractivity contribution in [1.82, 2.24) is 15.1 Å². The van der Waals surface area contributed by atoms with Gasteiger partial charge < -0.3 is 14.2 Å². The van der Waals surface area contributed by atoms with E-state index in [1.807, 2.05) is 24.3 Å². The van der Waals surface area contributed by atoms with Gasteiger partial charge in [0, 0.05) is 49.9 Å². The summed E-state index contributed by atoms with van der Waals surface area (Å²) >= 11 is 0. The first kappa shape index (κ1) is 22.8. The number of anilines is 1. The van der Waals surface area contributed by atoms with Crippen molar-refractivity contribution in [3.05, 3.63) is 53.5 Å². The molecule has 1 aromatic carbocycles. The third kappa shape index (κ3) is 4.80. The normalized spacial score (nSPS) is 17.6. The van der Waals surface area contributed by atoms with Crippen LogP contribution in [0, 0.1) is 0 Å². The fourth-order valence-corrected chi connectivity index (χ4v) is 5.49. The van der Waals surface area contributed by atoms with Gasteiger partial charge in [-0.05, 0) is 48.2 Å². The smallest absolute Gasteiger partial charge is 0.324 e. The molecule has 0 atom stereocenters. The molecule has 1 spiro atoms. The first-order chi connectivity index (χ1) is 16.2. The number of hydrogen-bond donors (Lipinski definition) is 0. The van der Waals surface area contributed by atoms with E-state index in [4.69, 9.17) is 9.26 Å². The number of rotatable bonds is 5. The van der Waals surface area contributed by atoms with Crippen LogP contribution < -0.4 is 9.64 Å². The number of ether oxygens (including phenoxy) is 1. The van der Waals surface area contributed by atoms with Crippen LogP contribution in [-0.2, 0) is 22.0 Å². The highest BCUT2D eigenvalue weighted by Gasteiger charge is 2.40. The maximum absolute atomic E-state index is 11.5. The average molecular weight is 483 g/mol. The van der Waals surface area contributed by atoms with Crippen molar-refractivity contribution in [2.75, 3.05) is 24.2 Å². The lowest BCUT2D eigenvalue weighted by Crippen LogP contribution is -2.50. The molecule has 4 heterocycles. The first-order valence-electron chi connectivity index (χ1n) is 11.7. The third-order valence-corrected chi connectivity index (χ3v) is 7.54. The molecule has 1 fully saturated rings. The van der Waals surface area contributed by atoms with Crippen LogP contribution in [0.4, 0.5) is 6.01 Å². The van der Waals surface area contributed by atoms with Crippen LogP contribution in [0.3, 0.4) is 0 Å². The Morgan fingerprint density at radius 3 is 2.56 bits per heavy atom. The minimum Gasteiger partial charge on any atom is -0.487 e. The van der Waals surface area contributed by atoms with E-state index in [0.29, 0.717) is 11.6 Å². The van der Waals surface area contributed by atoms with Crippen molar-refractivity contribution in [2.24, 2.45) is 0 Å². The van der Waals surface area contributed by atoms with Gasteiger partial charge in [0.1, 0.15) is 11.4 Å². The highest BCUT2D eigenvalue weighted by Crippen LogP contribution is 2.41. The number of nitrogens with zero attached hydrogens (tertiary/aromatic N) is 4. The largest absolute Gasteiger partial charge is 0.487 e. The van der Waals surface area contributed by atoms with Gasteiger partial charge in [-0.2, -0.15) is 4.98 Å². The molecular formula is C25H30N4O4S. The highest BCUT2D eigenvalue weighted by atomic mass is 32.2. The molecule has 8 nitrogen and oxygen atoms in total. The van der Waals surface area contributed by atoms with Crippen LogP contribution in [-0.4, -0.2) is 48.5 Å². The van der Waals surface area contributed by atoms with E-state index in [2.05, 4.69) is 39.9 Å². The number of piperidine rings is 1. The Morgan fingerprint density at radius 2 is 1.91 bits per heavy atom.